The van der Waals surface area contributed by atoms with Gasteiger partial charge in [-0.15, -0.1) is 0 Å². The van der Waals surface area contributed by atoms with E-state index in [2.05, 4.69) is 27.9 Å². The van der Waals surface area contributed by atoms with E-state index in [1.165, 1.54) is 31.4 Å². The average molecular weight is 580 g/mol. The lowest BCUT2D eigenvalue weighted by molar-refractivity contribution is -0.122. The number of hydrogen-bond donors (Lipinski definition) is 2. The summed E-state index contributed by atoms with van der Waals surface area (Å²) in [5.41, 5.74) is 0.623. The number of nitrogens with one attached hydrogen (secondary N) is 1. The van der Waals surface area contributed by atoms with Gasteiger partial charge in [-0.1, -0.05) is 13.0 Å². The molecule has 8 nitrogen and oxygen atoms in total. The van der Waals surface area contributed by atoms with Gasteiger partial charge in [0.05, 0.1) is 28.0 Å². The molecule has 10 heteroatoms. The molecule has 1 saturated heterocycles. The third-order valence-corrected chi connectivity index (χ3v) is 6.00. The maximum atomic E-state index is 13.2. The van der Waals surface area contributed by atoms with Crippen LogP contribution in [-0.4, -0.2) is 41.2 Å². The molecule has 0 saturated carbocycles. The van der Waals surface area contributed by atoms with Gasteiger partial charge in [0, 0.05) is 0 Å². The molecule has 0 aromatic heterocycles. The number of thiocarbonyl (C=S) groups is 1. The van der Waals surface area contributed by atoms with Gasteiger partial charge in [-0.05, 0) is 90.1 Å². The van der Waals surface area contributed by atoms with Crippen molar-refractivity contribution in [3.63, 3.8) is 0 Å². The Morgan fingerprint density at radius 1 is 1.30 bits per heavy atom. The van der Waals surface area contributed by atoms with Gasteiger partial charge in [0.15, 0.2) is 16.6 Å². The van der Waals surface area contributed by atoms with Crippen molar-refractivity contribution in [2.45, 2.75) is 26.4 Å². The van der Waals surface area contributed by atoms with E-state index in [0.717, 1.165) is 14.9 Å². The topological polar surface area (TPSA) is 105 Å². The summed E-state index contributed by atoms with van der Waals surface area (Å²) in [6, 6.07) is 9.20. The van der Waals surface area contributed by atoms with Crippen molar-refractivity contribution in [1.29, 1.82) is 0 Å². The summed E-state index contributed by atoms with van der Waals surface area (Å²) < 4.78 is 12.2. The fourth-order valence-electron chi connectivity index (χ4n) is 3.06. The molecule has 0 spiro atoms. The Balaban J connectivity index is 2.02. The summed E-state index contributed by atoms with van der Waals surface area (Å²) >= 11 is 7.29. The van der Waals surface area contributed by atoms with E-state index in [9.17, 15) is 19.5 Å². The number of carbonyl (C=O) groups excluding carboxylic acids is 2. The number of amides is 2. The number of halogens is 1. The molecular formula is C23H21IN2O6S. The van der Waals surface area contributed by atoms with Gasteiger partial charge in [0.1, 0.15) is 5.57 Å². The van der Waals surface area contributed by atoms with Crippen LogP contribution in [0.3, 0.4) is 0 Å². The number of aromatic carboxylic acids is 1. The van der Waals surface area contributed by atoms with E-state index in [4.69, 9.17) is 21.7 Å². The first-order valence-corrected chi connectivity index (χ1v) is 11.4. The van der Waals surface area contributed by atoms with Crippen molar-refractivity contribution in [1.82, 2.24) is 5.32 Å². The first-order chi connectivity index (χ1) is 15.7. The Hall–Kier alpha value is -2.99. The zero-order valence-corrected chi connectivity index (χ0v) is 21.0. The molecule has 1 atom stereocenters. The lowest BCUT2D eigenvalue weighted by Crippen LogP contribution is -2.54. The number of carboxylic acid groups (broad SMARTS) is 1. The van der Waals surface area contributed by atoms with E-state index in [1.54, 1.807) is 18.2 Å². The SMILES string of the molecule is CCC(C)Oc1c(I)cc(C=C2C(=O)NC(=S)N(c3cccc(C(=O)O)c3)C2=O)cc1OC. The van der Waals surface area contributed by atoms with E-state index < -0.39 is 17.8 Å². The molecule has 2 aromatic carbocycles. The average Bonchev–Trinajstić information content (AvgIpc) is 2.78. The van der Waals surface area contributed by atoms with Gasteiger partial charge in [0.25, 0.3) is 11.8 Å². The third-order valence-electron chi connectivity index (χ3n) is 4.91. The molecule has 1 unspecified atom stereocenters. The summed E-state index contributed by atoms with van der Waals surface area (Å²) in [6.45, 7) is 3.96. The summed E-state index contributed by atoms with van der Waals surface area (Å²) in [7, 11) is 1.51. The fourth-order valence-corrected chi connectivity index (χ4v) is 4.09. The van der Waals surface area contributed by atoms with Crippen LogP contribution in [0.2, 0.25) is 0 Å². The fraction of sp³-hybridized carbons (Fsp3) is 0.217. The smallest absolute Gasteiger partial charge is 0.335 e. The predicted octanol–water partition coefficient (Wildman–Crippen LogP) is 4.01. The molecule has 172 valence electrons. The summed E-state index contributed by atoms with van der Waals surface area (Å²) in [4.78, 5) is 38.2. The van der Waals surface area contributed by atoms with Crippen LogP contribution in [0, 0.1) is 3.57 Å². The van der Waals surface area contributed by atoms with Crippen LogP contribution in [-0.2, 0) is 9.59 Å². The Kier molecular flexibility index (Phi) is 7.69. The molecule has 2 aromatic rings. The molecule has 0 radical (unpaired) electrons. The monoisotopic (exact) mass is 580 g/mol. The van der Waals surface area contributed by atoms with Gasteiger partial charge in [0.2, 0.25) is 0 Å². The van der Waals surface area contributed by atoms with E-state index in [-0.39, 0.29) is 28.0 Å². The molecule has 1 heterocycles. The third kappa shape index (κ3) is 5.33. The second kappa shape index (κ2) is 10.3. The summed E-state index contributed by atoms with van der Waals surface area (Å²) in [5.74, 6) is -1.40. The number of hydrogen-bond acceptors (Lipinski definition) is 6. The highest BCUT2D eigenvalue weighted by molar-refractivity contribution is 14.1. The molecule has 0 aliphatic carbocycles. The van der Waals surface area contributed by atoms with Gasteiger partial charge in [-0.25, -0.2) is 4.79 Å². The molecule has 1 aliphatic rings. The van der Waals surface area contributed by atoms with Crippen LogP contribution in [0.4, 0.5) is 5.69 Å². The van der Waals surface area contributed by atoms with Gasteiger partial charge in [-0.3, -0.25) is 19.8 Å². The maximum absolute atomic E-state index is 13.2. The maximum Gasteiger partial charge on any atom is 0.335 e. The highest BCUT2D eigenvalue weighted by atomic mass is 127. The van der Waals surface area contributed by atoms with Crippen LogP contribution >= 0.6 is 34.8 Å². The molecular weight excluding hydrogens is 559 g/mol. The molecule has 3 rings (SSSR count). The zero-order chi connectivity index (χ0) is 24.3. The van der Waals surface area contributed by atoms with Crippen molar-refractivity contribution in [2.75, 3.05) is 12.0 Å². The minimum absolute atomic E-state index is 0.0123. The summed E-state index contributed by atoms with van der Waals surface area (Å²) in [5, 5.41) is 11.6. The second-order valence-corrected chi connectivity index (χ2v) is 8.73. The highest BCUT2D eigenvalue weighted by Crippen LogP contribution is 2.36. The number of ether oxygens (including phenoxy) is 2. The largest absolute Gasteiger partial charge is 0.493 e. The molecule has 1 fully saturated rings. The van der Waals surface area contributed by atoms with Crippen molar-refractivity contribution in [2.24, 2.45) is 0 Å². The number of nitrogens with zero attached hydrogens (tertiary/aromatic N) is 1. The normalized spacial score (nSPS) is 15.9. The van der Waals surface area contributed by atoms with Crippen LogP contribution in [0.15, 0.2) is 42.0 Å². The molecule has 1 aliphatic heterocycles. The van der Waals surface area contributed by atoms with Crippen LogP contribution in [0.25, 0.3) is 6.08 Å². The highest BCUT2D eigenvalue weighted by Gasteiger charge is 2.34. The number of rotatable bonds is 7. The number of methoxy groups -OCH3 is 1. The lowest BCUT2D eigenvalue weighted by atomic mass is 10.1. The van der Waals surface area contributed by atoms with E-state index in [1.807, 2.05) is 13.8 Å². The first kappa shape index (κ1) is 24.6. The van der Waals surface area contributed by atoms with Crippen LogP contribution in [0.1, 0.15) is 36.2 Å². The van der Waals surface area contributed by atoms with Crippen LogP contribution in [0.5, 0.6) is 11.5 Å². The van der Waals surface area contributed by atoms with Crippen LogP contribution < -0.4 is 19.7 Å². The Bertz CT molecular complexity index is 1180. The van der Waals surface area contributed by atoms with Gasteiger partial charge < -0.3 is 14.6 Å². The first-order valence-electron chi connectivity index (χ1n) is 9.95. The molecule has 2 N–H and O–H groups in total. The number of benzene rings is 2. The van der Waals surface area contributed by atoms with Gasteiger partial charge in [-0.2, -0.15) is 0 Å². The van der Waals surface area contributed by atoms with Crippen molar-refractivity contribution in [3.05, 3.63) is 56.7 Å². The van der Waals surface area contributed by atoms with Crippen molar-refractivity contribution < 1.29 is 29.0 Å². The quantitative estimate of drug-likeness (QED) is 0.221. The minimum atomic E-state index is -1.15. The van der Waals surface area contributed by atoms with Crippen molar-refractivity contribution in [3.8, 4) is 11.5 Å². The summed E-state index contributed by atoms with van der Waals surface area (Å²) in [6.07, 6.45) is 2.24. The second-order valence-electron chi connectivity index (χ2n) is 7.18. The molecule has 33 heavy (non-hydrogen) atoms. The molecule has 2 amide bonds. The predicted molar refractivity (Wildman–Crippen MR) is 136 cm³/mol. The van der Waals surface area contributed by atoms with Gasteiger partial charge >= 0.3 is 5.97 Å². The standard InChI is InChI=1S/C23H21IN2O6S/c1-4-12(2)32-19-17(24)9-13(10-18(19)31-3)8-16-20(27)25-23(33)26(21(16)28)15-7-5-6-14(11-15)22(29)30/h5-12H,4H2,1-3H3,(H,29,30)(H,25,27,33). The number of carbonyl (C=O) groups is 3. The number of carboxylic acids is 1. The Morgan fingerprint density at radius 2 is 2.03 bits per heavy atom. The number of anilines is 1. The molecule has 0 bridgehead atoms. The zero-order valence-electron chi connectivity index (χ0n) is 18.0. The van der Waals surface area contributed by atoms with Crippen molar-refractivity contribution >= 4 is 69.5 Å². The lowest BCUT2D eigenvalue weighted by Gasteiger charge is -2.29. The minimum Gasteiger partial charge on any atom is -0.493 e. The van der Waals surface area contributed by atoms with E-state index >= 15 is 0 Å². The Labute approximate surface area is 209 Å². The Morgan fingerprint density at radius 3 is 2.67 bits per heavy atom. The van der Waals surface area contributed by atoms with E-state index in [0.29, 0.717) is 17.1 Å².